The Morgan fingerprint density at radius 3 is 3.05 bits per heavy atom. The number of esters is 1. The highest BCUT2D eigenvalue weighted by molar-refractivity contribution is 5.94. The SMILES string of the molecule is CCOC(=O)[C@H]1CCCN(C(=O)c2cccnc2)C1. The zero-order valence-corrected chi connectivity index (χ0v) is 11.0. The first kappa shape index (κ1) is 13.5. The van der Waals surface area contributed by atoms with E-state index in [0.717, 1.165) is 12.8 Å². The van der Waals surface area contributed by atoms with Crippen LogP contribution in [0, 0.1) is 5.92 Å². The van der Waals surface area contributed by atoms with Gasteiger partial charge in [-0.15, -0.1) is 0 Å². The molecule has 0 spiro atoms. The molecule has 19 heavy (non-hydrogen) atoms. The monoisotopic (exact) mass is 262 g/mol. The summed E-state index contributed by atoms with van der Waals surface area (Å²) in [5.41, 5.74) is 0.562. The summed E-state index contributed by atoms with van der Waals surface area (Å²) in [5.74, 6) is -0.470. The second-order valence-corrected chi connectivity index (χ2v) is 4.58. The van der Waals surface area contributed by atoms with E-state index in [4.69, 9.17) is 4.74 Å². The average molecular weight is 262 g/mol. The number of hydrogen-bond acceptors (Lipinski definition) is 4. The summed E-state index contributed by atoms with van der Waals surface area (Å²) in [6.07, 6.45) is 4.80. The van der Waals surface area contributed by atoms with E-state index in [1.165, 1.54) is 0 Å². The van der Waals surface area contributed by atoms with Crippen LogP contribution in [-0.2, 0) is 9.53 Å². The fourth-order valence-electron chi connectivity index (χ4n) is 2.29. The minimum absolute atomic E-state index is 0.0675. The van der Waals surface area contributed by atoms with Gasteiger partial charge in [0.25, 0.3) is 5.91 Å². The molecule has 1 aliphatic rings. The van der Waals surface area contributed by atoms with E-state index >= 15 is 0 Å². The van der Waals surface area contributed by atoms with Crippen LogP contribution in [0.15, 0.2) is 24.5 Å². The molecule has 1 amide bonds. The molecule has 1 aromatic heterocycles. The van der Waals surface area contributed by atoms with Gasteiger partial charge in [-0.1, -0.05) is 0 Å². The van der Waals surface area contributed by atoms with E-state index in [1.807, 2.05) is 0 Å². The zero-order valence-electron chi connectivity index (χ0n) is 11.0. The van der Waals surface area contributed by atoms with Gasteiger partial charge in [0, 0.05) is 25.5 Å². The van der Waals surface area contributed by atoms with Crippen LogP contribution in [0.5, 0.6) is 0 Å². The topological polar surface area (TPSA) is 59.5 Å². The number of pyridine rings is 1. The minimum atomic E-state index is -0.203. The Morgan fingerprint density at radius 1 is 1.53 bits per heavy atom. The van der Waals surface area contributed by atoms with Gasteiger partial charge in [-0.25, -0.2) is 0 Å². The summed E-state index contributed by atoms with van der Waals surface area (Å²) >= 11 is 0. The van der Waals surface area contributed by atoms with Crippen molar-refractivity contribution in [3.63, 3.8) is 0 Å². The lowest BCUT2D eigenvalue weighted by atomic mass is 9.97. The maximum atomic E-state index is 12.3. The summed E-state index contributed by atoms with van der Waals surface area (Å²) in [6.45, 7) is 3.29. The van der Waals surface area contributed by atoms with Crippen molar-refractivity contribution in [2.24, 2.45) is 5.92 Å². The summed E-state index contributed by atoms with van der Waals surface area (Å²) in [5, 5.41) is 0. The number of carbonyl (C=O) groups excluding carboxylic acids is 2. The highest BCUT2D eigenvalue weighted by Crippen LogP contribution is 2.19. The molecule has 1 saturated heterocycles. The normalized spacial score (nSPS) is 19.0. The number of aromatic nitrogens is 1. The van der Waals surface area contributed by atoms with Gasteiger partial charge < -0.3 is 9.64 Å². The largest absolute Gasteiger partial charge is 0.466 e. The molecule has 1 fully saturated rings. The molecule has 2 rings (SSSR count). The predicted molar refractivity (Wildman–Crippen MR) is 69.5 cm³/mol. The second kappa shape index (κ2) is 6.31. The Labute approximate surface area is 112 Å². The van der Waals surface area contributed by atoms with Gasteiger partial charge in [-0.2, -0.15) is 0 Å². The first-order chi connectivity index (χ1) is 9.22. The third-order valence-electron chi connectivity index (χ3n) is 3.24. The zero-order chi connectivity index (χ0) is 13.7. The van der Waals surface area contributed by atoms with Gasteiger partial charge >= 0.3 is 5.97 Å². The summed E-state index contributed by atoms with van der Waals surface area (Å²) < 4.78 is 5.03. The fraction of sp³-hybridized carbons (Fsp3) is 0.500. The van der Waals surface area contributed by atoms with E-state index in [0.29, 0.717) is 25.3 Å². The molecule has 0 radical (unpaired) electrons. The van der Waals surface area contributed by atoms with Gasteiger partial charge in [0.05, 0.1) is 18.1 Å². The van der Waals surface area contributed by atoms with Crippen molar-refractivity contribution in [3.05, 3.63) is 30.1 Å². The molecule has 1 aliphatic heterocycles. The van der Waals surface area contributed by atoms with Crippen LogP contribution in [-0.4, -0.2) is 41.5 Å². The molecule has 0 N–H and O–H groups in total. The molecular formula is C14H18N2O3. The summed E-state index contributed by atoms with van der Waals surface area (Å²) in [4.78, 5) is 29.6. The molecular weight excluding hydrogens is 244 g/mol. The molecule has 5 nitrogen and oxygen atoms in total. The number of carbonyl (C=O) groups is 2. The first-order valence-electron chi connectivity index (χ1n) is 6.58. The van der Waals surface area contributed by atoms with Crippen molar-refractivity contribution in [2.75, 3.05) is 19.7 Å². The molecule has 0 aromatic carbocycles. The Balaban J connectivity index is 2.01. The molecule has 0 bridgehead atoms. The number of rotatable bonds is 3. The Bertz CT molecular complexity index is 447. The third kappa shape index (κ3) is 3.30. The van der Waals surface area contributed by atoms with Crippen LogP contribution in [0.2, 0.25) is 0 Å². The molecule has 102 valence electrons. The smallest absolute Gasteiger partial charge is 0.310 e. The number of ether oxygens (including phenoxy) is 1. The van der Waals surface area contributed by atoms with E-state index in [-0.39, 0.29) is 17.8 Å². The Morgan fingerprint density at radius 2 is 2.37 bits per heavy atom. The average Bonchev–Trinajstić information content (AvgIpc) is 2.48. The number of hydrogen-bond donors (Lipinski definition) is 0. The van der Waals surface area contributed by atoms with Gasteiger partial charge in [0.2, 0.25) is 0 Å². The van der Waals surface area contributed by atoms with E-state index in [1.54, 1.807) is 36.4 Å². The van der Waals surface area contributed by atoms with Gasteiger partial charge in [-0.05, 0) is 31.9 Å². The van der Waals surface area contributed by atoms with Crippen LogP contribution >= 0.6 is 0 Å². The molecule has 0 saturated carbocycles. The lowest BCUT2D eigenvalue weighted by Gasteiger charge is -2.31. The molecule has 1 atom stereocenters. The summed E-state index contributed by atoms with van der Waals surface area (Å²) in [7, 11) is 0. The van der Waals surface area contributed by atoms with Crippen LogP contribution in [0.1, 0.15) is 30.1 Å². The van der Waals surface area contributed by atoms with Gasteiger partial charge in [0.15, 0.2) is 0 Å². The van der Waals surface area contributed by atoms with Crippen molar-refractivity contribution >= 4 is 11.9 Å². The van der Waals surface area contributed by atoms with E-state index < -0.39 is 0 Å². The number of piperidine rings is 1. The van der Waals surface area contributed by atoms with E-state index in [9.17, 15) is 9.59 Å². The number of amides is 1. The third-order valence-corrected chi connectivity index (χ3v) is 3.24. The predicted octanol–water partition coefficient (Wildman–Crippen LogP) is 1.50. The second-order valence-electron chi connectivity index (χ2n) is 4.58. The number of likely N-dealkylation sites (tertiary alicyclic amines) is 1. The van der Waals surface area contributed by atoms with Gasteiger partial charge in [-0.3, -0.25) is 14.6 Å². The van der Waals surface area contributed by atoms with Crippen LogP contribution in [0.4, 0.5) is 0 Å². The van der Waals surface area contributed by atoms with Crippen molar-refractivity contribution in [1.29, 1.82) is 0 Å². The lowest BCUT2D eigenvalue weighted by molar-refractivity contribution is -0.149. The molecule has 0 aliphatic carbocycles. The maximum Gasteiger partial charge on any atom is 0.310 e. The number of nitrogens with zero attached hydrogens (tertiary/aromatic N) is 2. The first-order valence-corrected chi connectivity index (χ1v) is 6.58. The van der Waals surface area contributed by atoms with Crippen molar-refractivity contribution in [1.82, 2.24) is 9.88 Å². The van der Waals surface area contributed by atoms with Crippen LogP contribution < -0.4 is 0 Å². The Hall–Kier alpha value is -1.91. The molecule has 5 heteroatoms. The fourth-order valence-corrected chi connectivity index (χ4v) is 2.29. The highest BCUT2D eigenvalue weighted by atomic mass is 16.5. The van der Waals surface area contributed by atoms with Crippen molar-refractivity contribution in [2.45, 2.75) is 19.8 Å². The summed E-state index contributed by atoms with van der Waals surface area (Å²) in [6, 6.07) is 3.48. The van der Waals surface area contributed by atoms with Crippen molar-refractivity contribution in [3.8, 4) is 0 Å². The highest BCUT2D eigenvalue weighted by Gasteiger charge is 2.29. The van der Waals surface area contributed by atoms with Crippen molar-refractivity contribution < 1.29 is 14.3 Å². The maximum absolute atomic E-state index is 12.3. The van der Waals surface area contributed by atoms with Gasteiger partial charge in [0.1, 0.15) is 0 Å². The molecule has 0 unspecified atom stereocenters. The van der Waals surface area contributed by atoms with Crippen LogP contribution in [0.25, 0.3) is 0 Å². The molecule has 2 heterocycles. The Kier molecular flexibility index (Phi) is 4.49. The minimum Gasteiger partial charge on any atom is -0.466 e. The van der Waals surface area contributed by atoms with E-state index in [2.05, 4.69) is 4.98 Å². The quantitative estimate of drug-likeness (QED) is 0.774. The lowest BCUT2D eigenvalue weighted by Crippen LogP contribution is -2.42. The standard InChI is InChI=1S/C14H18N2O3/c1-2-19-14(18)12-6-4-8-16(10-12)13(17)11-5-3-7-15-9-11/h3,5,7,9,12H,2,4,6,8,10H2,1H3/t12-/m0/s1. The van der Waals surface area contributed by atoms with Crippen LogP contribution in [0.3, 0.4) is 0 Å². The molecule has 1 aromatic rings.